The summed E-state index contributed by atoms with van der Waals surface area (Å²) in [7, 11) is 1.68. The van der Waals surface area contributed by atoms with Crippen LogP contribution < -0.4 is 10.1 Å². The molecule has 0 spiro atoms. The minimum absolute atomic E-state index is 0.000410. The molecular formula is C15H18N2O2S. The Morgan fingerprint density at radius 1 is 1.35 bits per heavy atom. The van der Waals surface area contributed by atoms with Crippen molar-refractivity contribution in [1.82, 2.24) is 4.98 Å². The first-order valence-electron chi connectivity index (χ1n) is 6.27. The molecule has 0 bridgehead atoms. The number of methoxy groups -OCH3 is 1. The van der Waals surface area contributed by atoms with Gasteiger partial charge in [0.05, 0.1) is 25.6 Å². The zero-order chi connectivity index (χ0) is 14.4. The Hall–Kier alpha value is -1.72. The van der Waals surface area contributed by atoms with Crippen molar-refractivity contribution in [2.45, 2.75) is 18.0 Å². The third-order valence-corrected chi connectivity index (χ3v) is 3.79. The summed E-state index contributed by atoms with van der Waals surface area (Å²) in [5, 5.41) is 12.6. The Morgan fingerprint density at radius 3 is 2.90 bits per heavy atom. The van der Waals surface area contributed by atoms with Crippen molar-refractivity contribution in [3.05, 3.63) is 47.8 Å². The summed E-state index contributed by atoms with van der Waals surface area (Å²) in [6, 6.07) is 7.95. The molecule has 1 aromatic heterocycles. The van der Waals surface area contributed by atoms with Gasteiger partial charge in [-0.05, 0) is 30.0 Å². The van der Waals surface area contributed by atoms with E-state index >= 15 is 0 Å². The van der Waals surface area contributed by atoms with E-state index in [1.807, 2.05) is 12.3 Å². The Balaban J connectivity index is 2.11. The maximum Gasteiger partial charge on any atom is 0.132 e. The van der Waals surface area contributed by atoms with Crippen LogP contribution in [0.5, 0.6) is 5.75 Å². The topological polar surface area (TPSA) is 54.4 Å². The Labute approximate surface area is 123 Å². The summed E-state index contributed by atoms with van der Waals surface area (Å²) >= 11 is 1.66. The Bertz CT molecular complexity index is 576. The monoisotopic (exact) mass is 290 g/mol. The van der Waals surface area contributed by atoms with Gasteiger partial charge in [0.15, 0.2) is 0 Å². The van der Waals surface area contributed by atoms with Crippen molar-refractivity contribution in [2.75, 3.05) is 18.7 Å². The molecule has 1 heterocycles. The van der Waals surface area contributed by atoms with E-state index in [2.05, 4.69) is 22.4 Å². The highest BCUT2D eigenvalue weighted by Crippen LogP contribution is 2.28. The van der Waals surface area contributed by atoms with E-state index in [0.29, 0.717) is 6.54 Å². The second-order valence-electron chi connectivity index (χ2n) is 4.23. The molecule has 0 unspecified atom stereocenters. The fraction of sp³-hybridized carbons (Fsp3) is 0.267. The average Bonchev–Trinajstić information content (AvgIpc) is 2.52. The predicted octanol–water partition coefficient (Wildman–Crippen LogP) is 2.92. The van der Waals surface area contributed by atoms with Gasteiger partial charge in [-0.15, -0.1) is 11.8 Å². The number of aromatic nitrogens is 1. The molecule has 0 fully saturated rings. The second kappa shape index (κ2) is 7.17. The number of anilines is 1. The van der Waals surface area contributed by atoms with Crippen molar-refractivity contribution in [3.8, 4) is 5.75 Å². The van der Waals surface area contributed by atoms with E-state index in [0.717, 1.165) is 27.5 Å². The summed E-state index contributed by atoms with van der Waals surface area (Å²) in [4.78, 5) is 5.18. The molecule has 0 aliphatic heterocycles. The second-order valence-corrected chi connectivity index (χ2v) is 5.08. The number of nitrogens with zero attached hydrogens (tertiary/aromatic N) is 1. The molecule has 0 aliphatic rings. The van der Waals surface area contributed by atoms with Gasteiger partial charge in [0.1, 0.15) is 5.75 Å². The normalized spacial score (nSPS) is 10.3. The molecule has 106 valence electrons. The van der Waals surface area contributed by atoms with Gasteiger partial charge in [0.25, 0.3) is 0 Å². The van der Waals surface area contributed by atoms with Gasteiger partial charge in [-0.1, -0.05) is 6.07 Å². The first-order valence-corrected chi connectivity index (χ1v) is 7.49. The smallest absolute Gasteiger partial charge is 0.132 e. The number of hydrogen-bond donors (Lipinski definition) is 2. The average molecular weight is 290 g/mol. The molecule has 4 nitrogen and oxygen atoms in total. The van der Waals surface area contributed by atoms with Crippen molar-refractivity contribution >= 4 is 17.4 Å². The summed E-state index contributed by atoms with van der Waals surface area (Å²) < 4.78 is 5.37. The van der Waals surface area contributed by atoms with E-state index in [4.69, 9.17) is 4.74 Å². The number of hydrogen-bond acceptors (Lipinski definition) is 5. The summed E-state index contributed by atoms with van der Waals surface area (Å²) in [5.41, 5.74) is 2.81. The molecular weight excluding hydrogens is 272 g/mol. The van der Waals surface area contributed by atoms with Gasteiger partial charge in [-0.3, -0.25) is 4.98 Å². The fourth-order valence-corrected chi connectivity index (χ4v) is 2.46. The predicted molar refractivity (Wildman–Crippen MR) is 82.3 cm³/mol. The van der Waals surface area contributed by atoms with Crippen molar-refractivity contribution in [3.63, 3.8) is 0 Å². The van der Waals surface area contributed by atoms with Crippen LogP contribution in [0, 0.1) is 0 Å². The quantitative estimate of drug-likeness (QED) is 0.801. The third-order valence-electron chi connectivity index (χ3n) is 3.01. The number of rotatable bonds is 6. The minimum atomic E-state index is -0.000410. The number of ether oxygens (including phenoxy) is 1. The van der Waals surface area contributed by atoms with E-state index in [-0.39, 0.29) is 6.61 Å². The van der Waals surface area contributed by atoms with E-state index in [1.54, 1.807) is 37.3 Å². The molecule has 0 saturated heterocycles. The van der Waals surface area contributed by atoms with Crippen LogP contribution in [0.2, 0.25) is 0 Å². The zero-order valence-electron chi connectivity index (χ0n) is 11.6. The van der Waals surface area contributed by atoms with Gasteiger partial charge in [0.2, 0.25) is 0 Å². The molecule has 2 N–H and O–H groups in total. The largest absolute Gasteiger partial charge is 0.496 e. The van der Waals surface area contributed by atoms with Crippen LogP contribution in [0.25, 0.3) is 0 Å². The molecule has 1 aromatic carbocycles. The highest BCUT2D eigenvalue weighted by Gasteiger charge is 2.05. The number of thioether (sulfide) groups is 1. The third kappa shape index (κ3) is 3.43. The van der Waals surface area contributed by atoms with Gasteiger partial charge in [0, 0.05) is 23.2 Å². The van der Waals surface area contributed by atoms with Crippen molar-refractivity contribution in [1.29, 1.82) is 0 Å². The lowest BCUT2D eigenvalue weighted by Gasteiger charge is -2.12. The minimum Gasteiger partial charge on any atom is -0.496 e. The molecule has 0 atom stereocenters. The lowest BCUT2D eigenvalue weighted by atomic mass is 10.2. The molecule has 2 rings (SSSR count). The number of aliphatic hydroxyl groups excluding tert-OH is 1. The van der Waals surface area contributed by atoms with Crippen LogP contribution in [0.4, 0.5) is 5.69 Å². The van der Waals surface area contributed by atoms with Crippen LogP contribution in [0.3, 0.4) is 0 Å². The van der Waals surface area contributed by atoms with Crippen LogP contribution in [-0.2, 0) is 13.2 Å². The maximum absolute atomic E-state index is 9.28. The van der Waals surface area contributed by atoms with Crippen LogP contribution in [-0.4, -0.2) is 23.5 Å². The van der Waals surface area contributed by atoms with Crippen LogP contribution in [0.15, 0.2) is 41.6 Å². The number of pyridine rings is 1. The van der Waals surface area contributed by atoms with Gasteiger partial charge >= 0.3 is 0 Å². The Morgan fingerprint density at radius 2 is 2.20 bits per heavy atom. The van der Waals surface area contributed by atoms with Gasteiger partial charge in [-0.2, -0.15) is 0 Å². The van der Waals surface area contributed by atoms with E-state index < -0.39 is 0 Å². The standard InChI is InChI=1S/C15H18N2O2S/c1-19-14-7-11(3-4-15(14)20-2)8-17-13-9-16-6-5-12(13)10-18/h3-7,9,17-18H,8,10H2,1-2H3. The molecule has 0 aliphatic carbocycles. The summed E-state index contributed by atoms with van der Waals surface area (Å²) in [5.74, 6) is 0.880. The lowest BCUT2D eigenvalue weighted by Crippen LogP contribution is -2.03. The van der Waals surface area contributed by atoms with Gasteiger partial charge in [-0.25, -0.2) is 0 Å². The summed E-state index contributed by atoms with van der Waals surface area (Å²) in [6.07, 6.45) is 5.42. The number of benzene rings is 1. The highest BCUT2D eigenvalue weighted by molar-refractivity contribution is 7.98. The molecule has 0 saturated carbocycles. The zero-order valence-corrected chi connectivity index (χ0v) is 12.4. The lowest BCUT2D eigenvalue weighted by molar-refractivity contribution is 0.282. The number of nitrogens with one attached hydrogen (secondary N) is 1. The molecule has 0 amide bonds. The Kier molecular flexibility index (Phi) is 5.26. The fourth-order valence-electron chi connectivity index (χ4n) is 1.91. The number of aliphatic hydroxyl groups is 1. The summed E-state index contributed by atoms with van der Waals surface area (Å²) in [6.45, 7) is 0.656. The maximum atomic E-state index is 9.28. The van der Waals surface area contributed by atoms with E-state index in [9.17, 15) is 5.11 Å². The van der Waals surface area contributed by atoms with Gasteiger partial charge < -0.3 is 15.2 Å². The van der Waals surface area contributed by atoms with Crippen LogP contribution >= 0.6 is 11.8 Å². The first-order chi connectivity index (χ1) is 9.78. The highest BCUT2D eigenvalue weighted by atomic mass is 32.2. The molecule has 0 radical (unpaired) electrons. The molecule has 20 heavy (non-hydrogen) atoms. The molecule has 5 heteroatoms. The SMILES string of the molecule is COc1cc(CNc2cnccc2CO)ccc1SC. The first kappa shape index (κ1) is 14.7. The molecule has 2 aromatic rings. The van der Waals surface area contributed by atoms with E-state index in [1.165, 1.54) is 0 Å². The van der Waals surface area contributed by atoms with Crippen molar-refractivity contribution < 1.29 is 9.84 Å². The van der Waals surface area contributed by atoms with Crippen molar-refractivity contribution in [2.24, 2.45) is 0 Å². The van der Waals surface area contributed by atoms with Crippen LogP contribution in [0.1, 0.15) is 11.1 Å².